The van der Waals surface area contributed by atoms with Crippen molar-refractivity contribution in [3.05, 3.63) is 28.7 Å². The third-order valence-electron chi connectivity index (χ3n) is 4.18. The maximum atomic E-state index is 11.7. The zero-order valence-electron chi connectivity index (χ0n) is 11.8. The number of nitrogen functional groups attached to an aromatic ring is 1. The van der Waals surface area contributed by atoms with Crippen LogP contribution in [0.25, 0.3) is 0 Å². The molecule has 106 valence electrons. The topological polar surface area (TPSA) is 51.3 Å². The van der Waals surface area contributed by atoms with Gasteiger partial charge in [-0.2, -0.15) is 0 Å². The molecule has 0 amide bonds. The summed E-state index contributed by atoms with van der Waals surface area (Å²) in [6, 6.07) is 3.21. The second kappa shape index (κ2) is 6.75. The average Bonchev–Trinajstić information content (AvgIpc) is 2.65. The van der Waals surface area contributed by atoms with Crippen LogP contribution < -0.4 is 11.3 Å². The summed E-state index contributed by atoms with van der Waals surface area (Å²) in [5.74, 6) is 0.889. The highest BCUT2D eigenvalue weighted by Gasteiger charge is 2.15. The Labute approximate surface area is 115 Å². The van der Waals surface area contributed by atoms with Crippen LogP contribution in [0.3, 0.4) is 0 Å². The van der Waals surface area contributed by atoms with Crippen molar-refractivity contribution in [3.8, 4) is 0 Å². The van der Waals surface area contributed by atoms with E-state index >= 15 is 0 Å². The lowest BCUT2D eigenvalue weighted by Crippen LogP contribution is -2.31. The van der Waals surface area contributed by atoms with E-state index in [0.29, 0.717) is 5.69 Å². The number of rotatable bonds is 4. The summed E-state index contributed by atoms with van der Waals surface area (Å²) in [7, 11) is 0. The van der Waals surface area contributed by atoms with E-state index in [9.17, 15) is 4.79 Å². The van der Waals surface area contributed by atoms with Gasteiger partial charge in [0.2, 0.25) is 0 Å². The number of likely N-dealkylation sites (tertiary alicyclic amines) is 1. The molecule has 1 fully saturated rings. The number of nitrogens with two attached hydrogens (primary N) is 1. The van der Waals surface area contributed by atoms with Crippen LogP contribution in [0, 0.1) is 5.92 Å². The Bertz CT molecular complexity index is 455. The standard InChI is InChI=1S/C15H25N3O/c1-2-13-4-3-8-17(9-7-13)10-11-18-12-14(16)5-6-15(18)19/h5-6,12-13H,2-4,7-11,16H2,1H3. The van der Waals surface area contributed by atoms with Crippen molar-refractivity contribution in [3.63, 3.8) is 0 Å². The maximum absolute atomic E-state index is 11.7. The first kappa shape index (κ1) is 14.1. The molecule has 1 aliphatic heterocycles. The van der Waals surface area contributed by atoms with Crippen molar-refractivity contribution in [2.45, 2.75) is 39.2 Å². The SMILES string of the molecule is CCC1CCCN(CCn2cc(N)ccc2=O)CC1. The van der Waals surface area contributed by atoms with Crippen molar-refractivity contribution < 1.29 is 0 Å². The summed E-state index contributed by atoms with van der Waals surface area (Å²) in [5, 5.41) is 0. The van der Waals surface area contributed by atoms with Gasteiger partial charge >= 0.3 is 0 Å². The van der Waals surface area contributed by atoms with E-state index in [0.717, 1.165) is 32.1 Å². The van der Waals surface area contributed by atoms with Gasteiger partial charge < -0.3 is 15.2 Å². The van der Waals surface area contributed by atoms with Crippen LogP contribution in [-0.4, -0.2) is 29.1 Å². The van der Waals surface area contributed by atoms with Gasteiger partial charge in [-0.05, 0) is 44.3 Å². The molecule has 1 aromatic rings. The molecule has 0 radical (unpaired) electrons. The molecule has 0 aromatic carbocycles. The van der Waals surface area contributed by atoms with E-state index in [2.05, 4.69) is 11.8 Å². The number of aromatic nitrogens is 1. The van der Waals surface area contributed by atoms with E-state index in [1.807, 2.05) is 0 Å². The monoisotopic (exact) mass is 263 g/mol. The van der Waals surface area contributed by atoms with Crippen LogP contribution in [0.5, 0.6) is 0 Å². The van der Waals surface area contributed by atoms with Crippen LogP contribution in [0.15, 0.2) is 23.1 Å². The Morgan fingerprint density at radius 2 is 2.11 bits per heavy atom. The molecule has 0 bridgehead atoms. The molecule has 4 heteroatoms. The first-order chi connectivity index (χ1) is 9.19. The zero-order valence-corrected chi connectivity index (χ0v) is 11.8. The van der Waals surface area contributed by atoms with Crippen LogP contribution in [0.2, 0.25) is 0 Å². The quantitative estimate of drug-likeness (QED) is 0.903. The molecule has 0 saturated carbocycles. The second-order valence-electron chi connectivity index (χ2n) is 5.54. The normalized spacial score (nSPS) is 21.2. The van der Waals surface area contributed by atoms with E-state index in [1.54, 1.807) is 22.9 Å². The lowest BCUT2D eigenvalue weighted by atomic mass is 9.98. The van der Waals surface area contributed by atoms with Gasteiger partial charge in [-0.25, -0.2) is 0 Å². The Morgan fingerprint density at radius 1 is 1.26 bits per heavy atom. The smallest absolute Gasteiger partial charge is 0.250 e. The fourth-order valence-electron chi connectivity index (χ4n) is 2.83. The molecule has 1 unspecified atom stereocenters. The van der Waals surface area contributed by atoms with E-state index in [-0.39, 0.29) is 5.56 Å². The average molecular weight is 263 g/mol. The van der Waals surface area contributed by atoms with Crippen molar-refractivity contribution >= 4 is 5.69 Å². The van der Waals surface area contributed by atoms with Crippen LogP contribution in [-0.2, 0) is 6.54 Å². The molecule has 2 N–H and O–H groups in total. The molecule has 0 spiro atoms. The van der Waals surface area contributed by atoms with Gasteiger partial charge in [0.1, 0.15) is 0 Å². The fraction of sp³-hybridized carbons (Fsp3) is 0.667. The molecule has 1 aromatic heterocycles. The molecule has 1 aliphatic rings. The third-order valence-corrected chi connectivity index (χ3v) is 4.18. The fourth-order valence-corrected chi connectivity index (χ4v) is 2.83. The van der Waals surface area contributed by atoms with Gasteiger partial charge in [0.15, 0.2) is 0 Å². The number of pyridine rings is 1. The number of hydrogen-bond donors (Lipinski definition) is 1. The minimum absolute atomic E-state index is 0.0375. The maximum Gasteiger partial charge on any atom is 0.250 e. The molecule has 4 nitrogen and oxygen atoms in total. The highest BCUT2D eigenvalue weighted by atomic mass is 16.1. The minimum Gasteiger partial charge on any atom is -0.398 e. The summed E-state index contributed by atoms with van der Waals surface area (Å²) < 4.78 is 1.72. The van der Waals surface area contributed by atoms with Crippen molar-refractivity contribution in [2.24, 2.45) is 5.92 Å². The second-order valence-corrected chi connectivity index (χ2v) is 5.54. The molecule has 1 saturated heterocycles. The van der Waals surface area contributed by atoms with Crippen LogP contribution in [0.1, 0.15) is 32.6 Å². The van der Waals surface area contributed by atoms with Crippen LogP contribution in [0.4, 0.5) is 5.69 Å². The molecule has 2 heterocycles. The van der Waals surface area contributed by atoms with Crippen molar-refractivity contribution in [1.82, 2.24) is 9.47 Å². The highest BCUT2D eigenvalue weighted by Crippen LogP contribution is 2.19. The largest absolute Gasteiger partial charge is 0.398 e. The van der Waals surface area contributed by atoms with E-state index in [1.165, 1.54) is 25.7 Å². The molecular weight excluding hydrogens is 238 g/mol. The molecule has 1 atom stereocenters. The first-order valence-corrected chi connectivity index (χ1v) is 7.37. The summed E-state index contributed by atoms with van der Waals surface area (Å²) in [6.07, 6.45) is 6.97. The van der Waals surface area contributed by atoms with Gasteiger partial charge in [0.25, 0.3) is 5.56 Å². The van der Waals surface area contributed by atoms with Gasteiger partial charge in [0, 0.05) is 31.0 Å². The Kier molecular flexibility index (Phi) is 5.02. The summed E-state index contributed by atoms with van der Waals surface area (Å²) >= 11 is 0. The third kappa shape index (κ3) is 4.10. The lowest BCUT2D eigenvalue weighted by Gasteiger charge is -2.20. The summed E-state index contributed by atoms with van der Waals surface area (Å²) in [4.78, 5) is 14.2. The number of nitrogens with zero attached hydrogens (tertiary/aromatic N) is 2. The van der Waals surface area contributed by atoms with Crippen molar-refractivity contribution in [1.29, 1.82) is 0 Å². The Balaban J connectivity index is 1.88. The predicted octanol–water partition coefficient (Wildman–Crippen LogP) is 1.94. The molecule has 0 aliphatic carbocycles. The van der Waals surface area contributed by atoms with E-state index < -0.39 is 0 Å². The predicted molar refractivity (Wildman–Crippen MR) is 79.2 cm³/mol. The zero-order chi connectivity index (χ0) is 13.7. The van der Waals surface area contributed by atoms with Gasteiger partial charge in [0.05, 0.1) is 0 Å². The molecular formula is C15H25N3O. The number of anilines is 1. The van der Waals surface area contributed by atoms with Gasteiger partial charge in [-0.15, -0.1) is 0 Å². The minimum atomic E-state index is 0.0375. The summed E-state index contributed by atoms with van der Waals surface area (Å²) in [6.45, 7) is 6.29. The van der Waals surface area contributed by atoms with Crippen molar-refractivity contribution in [2.75, 3.05) is 25.4 Å². The van der Waals surface area contributed by atoms with Crippen LogP contribution >= 0.6 is 0 Å². The lowest BCUT2D eigenvalue weighted by molar-refractivity contribution is 0.267. The highest BCUT2D eigenvalue weighted by molar-refractivity contribution is 5.33. The Morgan fingerprint density at radius 3 is 2.89 bits per heavy atom. The van der Waals surface area contributed by atoms with Gasteiger partial charge in [-0.3, -0.25) is 4.79 Å². The molecule has 19 heavy (non-hydrogen) atoms. The van der Waals surface area contributed by atoms with E-state index in [4.69, 9.17) is 5.73 Å². The number of hydrogen-bond acceptors (Lipinski definition) is 3. The van der Waals surface area contributed by atoms with Gasteiger partial charge in [-0.1, -0.05) is 13.3 Å². The molecule has 2 rings (SSSR count). The Hall–Kier alpha value is -1.29. The summed E-state index contributed by atoms with van der Waals surface area (Å²) in [5.41, 5.74) is 6.42. The first-order valence-electron chi connectivity index (χ1n) is 7.37.